The molecule has 0 aromatic carbocycles. The fourth-order valence-electron chi connectivity index (χ4n) is 3.04. The number of ether oxygens (including phenoxy) is 3. The third kappa shape index (κ3) is 1.50. The molecule has 17 heavy (non-hydrogen) atoms. The van der Waals surface area contributed by atoms with Crippen LogP contribution in [0.4, 0.5) is 0 Å². The van der Waals surface area contributed by atoms with Crippen molar-refractivity contribution in [1.82, 2.24) is 0 Å². The van der Waals surface area contributed by atoms with Crippen LogP contribution in [-0.2, 0) is 19.0 Å². The van der Waals surface area contributed by atoms with Crippen molar-refractivity contribution in [2.45, 2.75) is 38.9 Å². The van der Waals surface area contributed by atoms with Crippen molar-refractivity contribution in [3.05, 3.63) is 11.8 Å². The van der Waals surface area contributed by atoms with Crippen molar-refractivity contribution in [2.75, 3.05) is 14.2 Å². The van der Waals surface area contributed by atoms with Gasteiger partial charge in [-0.1, -0.05) is 13.8 Å². The van der Waals surface area contributed by atoms with Crippen LogP contribution >= 0.6 is 0 Å². The monoisotopic (exact) mass is 240 g/mol. The number of hydrogen-bond donors (Lipinski definition) is 0. The lowest BCUT2D eigenvalue weighted by Crippen LogP contribution is -2.43. The summed E-state index contributed by atoms with van der Waals surface area (Å²) in [5.74, 6) is -0.216. The molecule has 2 bridgehead atoms. The van der Waals surface area contributed by atoms with E-state index < -0.39 is 11.2 Å². The van der Waals surface area contributed by atoms with E-state index in [0.717, 1.165) is 12.2 Å². The van der Waals surface area contributed by atoms with Crippen LogP contribution in [0.25, 0.3) is 0 Å². The van der Waals surface area contributed by atoms with Gasteiger partial charge in [-0.2, -0.15) is 0 Å². The van der Waals surface area contributed by atoms with E-state index in [1.165, 1.54) is 0 Å². The first-order chi connectivity index (χ1) is 8.07. The molecule has 0 amide bonds. The summed E-state index contributed by atoms with van der Waals surface area (Å²) < 4.78 is 16.5. The quantitative estimate of drug-likeness (QED) is 0.707. The molecular weight excluding hydrogens is 220 g/mol. The second-order valence-corrected chi connectivity index (χ2v) is 4.80. The number of fused-ring (bicyclic) bond motifs is 2. The summed E-state index contributed by atoms with van der Waals surface area (Å²) in [6, 6.07) is 0. The van der Waals surface area contributed by atoms with Gasteiger partial charge in [0.2, 0.25) is 5.79 Å². The van der Waals surface area contributed by atoms with Gasteiger partial charge in [-0.3, -0.25) is 4.79 Å². The summed E-state index contributed by atoms with van der Waals surface area (Å²) >= 11 is 0. The van der Waals surface area contributed by atoms with Crippen molar-refractivity contribution in [2.24, 2.45) is 11.3 Å². The Bertz CT molecular complexity index is 362. The molecule has 1 aliphatic heterocycles. The summed E-state index contributed by atoms with van der Waals surface area (Å²) in [5, 5.41) is 0. The van der Waals surface area contributed by atoms with E-state index in [9.17, 15) is 4.79 Å². The Kier molecular flexibility index (Phi) is 2.94. The SMILES string of the molecule is CC[C@@H]1C(OC)=C[C@@]2(CC)C[C@]1(OC)OC2=O. The average Bonchev–Trinajstić information content (AvgIpc) is 2.59. The summed E-state index contributed by atoms with van der Waals surface area (Å²) in [5.41, 5.74) is -0.562. The maximum absolute atomic E-state index is 12.1. The molecular formula is C13H20O4. The number of esters is 1. The highest BCUT2D eigenvalue weighted by Crippen LogP contribution is 2.55. The maximum atomic E-state index is 12.1. The standard InChI is InChI=1S/C13H20O4/c1-5-9-10(15-3)7-12(6-2)8-13(9,16-4)17-11(12)14/h7,9H,5-6,8H2,1-4H3/t9-,12+,13+/m1/s1. The van der Waals surface area contributed by atoms with Gasteiger partial charge >= 0.3 is 5.97 Å². The van der Waals surface area contributed by atoms with E-state index in [-0.39, 0.29) is 11.9 Å². The molecule has 96 valence electrons. The molecule has 4 nitrogen and oxygen atoms in total. The van der Waals surface area contributed by atoms with E-state index >= 15 is 0 Å². The van der Waals surface area contributed by atoms with E-state index in [2.05, 4.69) is 0 Å². The van der Waals surface area contributed by atoms with Crippen LogP contribution in [0.15, 0.2) is 11.8 Å². The average molecular weight is 240 g/mol. The van der Waals surface area contributed by atoms with E-state index in [0.29, 0.717) is 12.8 Å². The minimum atomic E-state index is -0.831. The summed E-state index contributed by atoms with van der Waals surface area (Å²) in [4.78, 5) is 12.1. The second kappa shape index (κ2) is 4.02. The fraction of sp³-hybridized carbons (Fsp3) is 0.769. The molecule has 4 heteroatoms. The van der Waals surface area contributed by atoms with E-state index in [1.54, 1.807) is 14.2 Å². The zero-order chi connectivity index (χ0) is 12.7. The Morgan fingerprint density at radius 1 is 1.47 bits per heavy atom. The first-order valence-electron chi connectivity index (χ1n) is 6.12. The summed E-state index contributed by atoms with van der Waals surface area (Å²) in [6.07, 6.45) is 4.06. The van der Waals surface area contributed by atoms with Crippen LogP contribution in [0.3, 0.4) is 0 Å². The van der Waals surface area contributed by atoms with Gasteiger partial charge in [-0.25, -0.2) is 0 Å². The minimum Gasteiger partial charge on any atom is -0.501 e. The van der Waals surface area contributed by atoms with Gasteiger partial charge in [0, 0.05) is 13.5 Å². The third-order valence-corrected chi connectivity index (χ3v) is 4.15. The van der Waals surface area contributed by atoms with Gasteiger partial charge in [0.25, 0.3) is 0 Å². The van der Waals surface area contributed by atoms with E-state index in [1.807, 2.05) is 19.9 Å². The molecule has 0 unspecified atom stereocenters. The smallest absolute Gasteiger partial charge is 0.318 e. The Morgan fingerprint density at radius 3 is 2.65 bits per heavy atom. The minimum absolute atomic E-state index is 0.0105. The molecule has 0 spiro atoms. The molecule has 0 saturated carbocycles. The molecule has 2 rings (SSSR count). The van der Waals surface area contributed by atoms with Gasteiger partial charge in [-0.05, 0) is 18.9 Å². The van der Waals surface area contributed by atoms with Crippen LogP contribution in [0, 0.1) is 11.3 Å². The predicted octanol–water partition coefficient (Wildman–Crippen LogP) is 2.24. The lowest BCUT2D eigenvalue weighted by molar-refractivity contribution is -0.224. The largest absolute Gasteiger partial charge is 0.501 e. The number of rotatable bonds is 4. The lowest BCUT2D eigenvalue weighted by atomic mass is 9.71. The highest BCUT2D eigenvalue weighted by molar-refractivity contribution is 5.82. The van der Waals surface area contributed by atoms with Gasteiger partial charge in [0.05, 0.1) is 18.4 Å². The fourth-order valence-corrected chi connectivity index (χ4v) is 3.04. The highest BCUT2D eigenvalue weighted by atomic mass is 16.7. The summed E-state index contributed by atoms with van der Waals surface area (Å²) in [6.45, 7) is 4.03. The molecule has 1 aliphatic carbocycles. The van der Waals surface area contributed by atoms with E-state index in [4.69, 9.17) is 14.2 Å². The molecule has 1 heterocycles. The predicted molar refractivity (Wildman–Crippen MR) is 62.0 cm³/mol. The van der Waals surface area contributed by atoms with Crippen molar-refractivity contribution >= 4 is 5.97 Å². The molecule has 1 saturated heterocycles. The Balaban J connectivity index is 2.52. The molecule has 1 fully saturated rings. The van der Waals surface area contributed by atoms with Crippen molar-refractivity contribution in [3.8, 4) is 0 Å². The normalized spacial score (nSPS) is 39.9. The van der Waals surface area contributed by atoms with Gasteiger partial charge < -0.3 is 14.2 Å². The van der Waals surface area contributed by atoms with Crippen molar-refractivity contribution < 1.29 is 19.0 Å². The van der Waals surface area contributed by atoms with Gasteiger partial charge in [0.1, 0.15) is 5.76 Å². The Labute approximate surface area is 102 Å². The van der Waals surface area contributed by atoms with Crippen LogP contribution in [0.2, 0.25) is 0 Å². The van der Waals surface area contributed by atoms with Gasteiger partial charge in [-0.15, -0.1) is 0 Å². The molecule has 2 aliphatic rings. The van der Waals surface area contributed by atoms with Crippen LogP contribution < -0.4 is 0 Å². The topological polar surface area (TPSA) is 44.8 Å². The number of hydrogen-bond acceptors (Lipinski definition) is 4. The maximum Gasteiger partial charge on any atom is 0.318 e. The highest BCUT2D eigenvalue weighted by Gasteiger charge is 2.63. The molecule has 0 radical (unpaired) electrons. The lowest BCUT2D eigenvalue weighted by Gasteiger charge is -2.38. The van der Waals surface area contributed by atoms with Crippen LogP contribution in [-0.4, -0.2) is 26.0 Å². The first kappa shape index (κ1) is 12.4. The number of methoxy groups -OCH3 is 2. The zero-order valence-corrected chi connectivity index (χ0v) is 10.9. The van der Waals surface area contributed by atoms with Gasteiger partial charge in [0.15, 0.2) is 0 Å². The Hall–Kier alpha value is -1.03. The zero-order valence-electron chi connectivity index (χ0n) is 10.9. The van der Waals surface area contributed by atoms with Crippen LogP contribution in [0.5, 0.6) is 0 Å². The number of carbonyl (C=O) groups excluding carboxylic acids is 1. The Morgan fingerprint density at radius 2 is 2.18 bits per heavy atom. The molecule has 0 aromatic rings. The van der Waals surface area contributed by atoms with Crippen molar-refractivity contribution in [3.63, 3.8) is 0 Å². The number of carbonyl (C=O) groups is 1. The van der Waals surface area contributed by atoms with Crippen LogP contribution in [0.1, 0.15) is 33.1 Å². The molecule has 3 atom stereocenters. The molecule has 0 aromatic heterocycles. The summed E-state index contributed by atoms with van der Waals surface area (Å²) in [7, 11) is 3.23. The van der Waals surface area contributed by atoms with Crippen molar-refractivity contribution in [1.29, 1.82) is 0 Å². The third-order valence-electron chi connectivity index (χ3n) is 4.15. The first-order valence-corrected chi connectivity index (χ1v) is 6.12. The second-order valence-electron chi connectivity index (χ2n) is 4.80. The molecule has 0 N–H and O–H groups in total.